The zero-order valence-corrected chi connectivity index (χ0v) is 11.1. The molecule has 0 amide bonds. The number of benzene rings is 2. The molecule has 0 bridgehead atoms. The van der Waals surface area contributed by atoms with E-state index in [1.54, 1.807) is 18.2 Å². The van der Waals surface area contributed by atoms with Gasteiger partial charge in [0.2, 0.25) is 5.89 Å². The smallest absolute Gasteiger partial charge is 0.205 e. The number of nitrogens with zero attached hydrogens (tertiary/aromatic N) is 1. The molecule has 20 heavy (non-hydrogen) atoms. The van der Waals surface area contributed by atoms with Gasteiger partial charge in [-0.25, -0.2) is 13.8 Å². The van der Waals surface area contributed by atoms with E-state index >= 15 is 0 Å². The van der Waals surface area contributed by atoms with Gasteiger partial charge in [-0.1, -0.05) is 0 Å². The van der Waals surface area contributed by atoms with Crippen LogP contribution in [-0.4, -0.2) is 4.98 Å². The second-order valence-electron chi connectivity index (χ2n) is 4.20. The predicted molar refractivity (Wildman–Crippen MR) is 74.3 cm³/mol. The van der Waals surface area contributed by atoms with Crippen LogP contribution in [0.2, 0.25) is 0 Å². The topological polar surface area (TPSA) is 52.0 Å². The van der Waals surface area contributed by atoms with Crippen molar-refractivity contribution in [3.8, 4) is 0 Å². The number of anilines is 1. The van der Waals surface area contributed by atoms with Gasteiger partial charge in [-0.15, -0.1) is 11.8 Å². The van der Waals surface area contributed by atoms with Gasteiger partial charge in [0, 0.05) is 10.6 Å². The van der Waals surface area contributed by atoms with Crippen LogP contribution < -0.4 is 5.73 Å². The fourth-order valence-corrected chi connectivity index (χ4v) is 2.53. The Morgan fingerprint density at radius 2 is 1.95 bits per heavy atom. The summed E-state index contributed by atoms with van der Waals surface area (Å²) in [5.74, 6) is -0.771. The minimum atomic E-state index is -0.861. The van der Waals surface area contributed by atoms with Crippen LogP contribution in [0.25, 0.3) is 11.1 Å². The average molecular weight is 292 g/mol. The van der Waals surface area contributed by atoms with Crippen molar-refractivity contribution in [3.63, 3.8) is 0 Å². The minimum absolute atomic E-state index is 0.430. The van der Waals surface area contributed by atoms with E-state index in [0.717, 1.165) is 12.1 Å². The molecule has 2 N–H and O–H groups in total. The van der Waals surface area contributed by atoms with Crippen LogP contribution in [0.15, 0.2) is 45.7 Å². The lowest BCUT2D eigenvalue weighted by atomic mass is 10.3. The van der Waals surface area contributed by atoms with Gasteiger partial charge in [0.25, 0.3) is 0 Å². The summed E-state index contributed by atoms with van der Waals surface area (Å²) in [6, 6.07) is 8.99. The zero-order valence-electron chi connectivity index (χ0n) is 10.3. The van der Waals surface area contributed by atoms with Crippen LogP contribution in [0.4, 0.5) is 14.5 Å². The number of nitrogen functional groups attached to an aromatic ring is 1. The Balaban J connectivity index is 1.77. The maximum atomic E-state index is 13.1. The molecule has 0 unspecified atom stereocenters. The van der Waals surface area contributed by atoms with Gasteiger partial charge in [-0.05, 0) is 36.4 Å². The van der Waals surface area contributed by atoms with Crippen LogP contribution in [0.1, 0.15) is 5.89 Å². The Hall–Kier alpha value is -2.08. The second kappa shape index (κ2) is 5.13. The monoisotopic (exact) mass is 292 g/mol. The summed E-state index contributed by atoms with van der Waals surface area (Å²) in [7, 11) is 0. The van der Waals surface area contributed by atoms with Crippen molar-refractivity contribution in [1.82, 2.24) is 4.98 Å². The minimum Gasteiger partial charge on any atom is -0.440 e. The highest BCUT2D eigenvalue weighted by Crippen LogP contribution is 2.26. The van der Waals surface area contributed by atoms with Gasteiger partial charge >= 0.3 is 0 Å². The van der Waals surface area contributed by atoms with Gasteiger partial charge < -0.3 is 10.2 Å². The van der Waals surface area contributed by atoms with Gasteiger partial charge in [-0.2, -0.15) is 0 Å². The second-order valence-corrected chi connectivity index (χ2v) is 5.25. The van der Waals surface area contributed by atoms with E-state index in [0.29, 0.717) is 33.3 Å². The van der Waals surface area contributed by atoms with Crippen LogP contribution in [0.3, 0.4) is 0 Å². The van der Waals surface area contributed by atoms with Gasteiger partial charge in [0.1, 0.15) is 5.52 Å². The Bertz CT molecular complexity index is 773. The molecule has 3 nitrogen and oxygen atoms in total. The van der Waals surface area contributed by atoms with Crippen molar-refractivity contribution in [1.29, 1.82) is 0 Å². The summed E-state index contributed by atoms with van der Waals surface area (Å²) in [4.78, 5) is 4.91. The molecule has 6 heteroatoms. The molecule has 3 aromatic rings. The molecule has 0 radical (unpaired) electrons. The number of hydrogen-bond acceptors (Lipinski definition) is 4. The van der Waals surface area contributed by atoms with E-state index in [4.69, 9.17) is 10.2 Å². The third-order valence-corrected chi connectivity index (χ3v) is 3.69. The van der Waals surface area contributed by atoms with Crippen LogP contribution in [0, 0.1) is 11.6 Å². The summed E-state index contributed by atoms with van der Waals surface area (Å²) < 4.78 is 31.4. The lowest BCUT2D eigenvalue weighted by Gasteiger charge is -1.99. The normalized spacial score (nSPS) is 11.1. The third-order valence-electron chi connectivity index (χ3n) is 2.71. The molecule has 2 aromatic carbocycles. The molecule has 102 valence electrons. The summed E-state index contributed by atoms with van der Waals surface area (Å²) in [5, 5.41) is 0. The number of hydrogen-bond donors (Lipinski definition) is 1. The number of aromatic nitrogens is 1. The van der Waals surface area contributed by atoms with Gasteiger partial charge in [-0.3, -0.25) is 0 Å². The first kappa shape index (κ1) is 12.9. The fourth-order valence-electron chi connectivity index (χ4n) is 1.77. The quantitative estimate of drug-likeness (QED) is 0.586. The van der Waals surface area contributed by atoms with Gasteiger partial charge in [0.05, 0.1) is 5.75 Å². The maximum absolute atomic E-state index is 13.1. The van der Waals surface area contributed by atoms with Crippen molar-refractivity contribution in [2.75, 3.05) is 5.73 Å². The number of halogens is 2. The summed E-state index contributed by atoms with van der Waals surface area (Å²) in [5.41, 5.74) is 7.62. The zero-order chi connectivity index (χ0) is 14.1. The summed E-state index contributed by atoms with van der Waals surface area (Å²) in [6.07, 6.45) is 0. The molecular weight excluding hydrogens is 282 g/mol. The molecule has 0 saturated heterocycles. The molecule has 1 heterocycles. The highest BCUT2D eigenvalue weighted by Gasteiger charge is 2.08. The third kappa shape index (κ3) is 2.60. The van der Waals surface area contributed by atoms with E-state index in [9.17, 15) is 8.78 Å². The number of nitrogens with two attached hydrogens (primary N) is 1. The first-order valence-electron chi connectivity index (χ1n) is 5.84. The first-order chi connectivity index (χ1) is 9.61. The molecule has 0 saturated carbocycles. The average Bonchev–Trinajstić information content (AvgIpc) is 2.82. The predicted octanol–water partition coefficient (Wildman–Crippen LogP) is 3.98. The summed E-state index contributed by atoms with van der Waals surface area (Å²) in [6.45, 7) is 0. The van der Waals surface area contributed by atoms with Crippen LogP contribution >= 0.6 is 11.8 Å². The van der Waals surface area contributed by atoms with E-state index in [1.165, 1.54) is 17.8 Å². The largest absolute Gasteiger partial charge is 0.440 e. The van der Waals surface area contributed by atoms with Crippen molar-refractivity contribution in [2.45, 2.75) is 10.6 Å². The Labute approximate surface area is 117 Å². The molecule has 0 atom stereocenters. The standard InChI is InChI=1S/C14H10F2N2OS/c15-10-3-2-9(6-11(10)16)20-7-14-18-12-5-8(17)1-4-13(12)19-14/h1-6H,7,17H2. The first-order valence-corrected chi connectivity index (χ1v) is 6.83. The molecule has 0 aliphatic carbocycles. The SMILES string of the molecule is Nc1ccc2oc(CSc3ccc(F)c(F)c3)nc2c1. The Morgan fingerprint density at radius 1 is 1.10 bits per heavy atom. The van der Waals surface area contributed by atoms with E-state index in [2.05, 4.69) is 4.98 Å². The number of oxazole rings is 1. The number of rotatable bonds is 3. The molecule has 0 fully saturated rings. The van der Waals surface area contributed by atoms with Crippen molar-refractivity contribution in [2.24, 2.45) is 0 Å². The fraction of sp³-hybridized carbons (Fsp3) is 0.0714. The highest BCUT2D eigenvalue weighted by atomic mass is 32.2. The van der Waals surface area contributed by atoms with Crippen molar-refractivity contribution >= 4 is 28.5 Å². The lowest BCUT2D eigenvalue weighted by molar-refractivity contribution is 0.506. The molecule has 0 aliphatic rings. The van der Waals surface area contributed by atoms with Crippen LogP contribution in [0.5, 0.6) is 0 Å². The lowest BCUT2D eigenvalue weighted by Crippen LogP contribution is -1.85. The highest BCUT2D eigenvalue weighted by molar-refractivity contribution is 7.98. The number of fused-ring (bicyclic) bond motifs is 1. The molecule has 3 rings (SSSR count). The Kier molecular flexibility index (Phi) is 3.31. The Morgan fingerprint density at radius 3 is 2.75 bits per heavy atom. The number of thioether (sulfide) groups is 1. The van der Waals surface area contributed by atoms with E-state index in [1.807, 2.05) is 0 Å². The molecule has 0 spiro atoms. The van der Waals surface area contributed by atoms with Crippen molar-refractivity contribution < 1.29 is 13.2 Å². The summed E-state index contributed by atoms with van der Waals surface area (Å²) >= 11 is 1.32. The van der Waals surface area contributed by atoms with Gasteiger partial charge in [0.15, 0.2) is 17.2 Å². The van der Waals surface area contributed by atoms with Crippen LogP contribution in [-0.2, 0) is 5.75 Å². The molecular formula is C14H10F2N2OS. The van der Waals surface area contributed by atoms with E-state index in [-0.39, 0.29) is 0 Å². The molecule has 1 aromatic heterocycles. The van der Waals surface area contributed by atoms with Crippen molar-refractivity contribution in [3.05, 3.63) is 53.9 Å². The molecule has 0 aliphatic heterocycles. The maximum Gasteiger partial charge on any atom is 0.205 e. The van der Waals surface area contributed by atoms with E-state index < -0.39 is 11.6 Å².